The Morgan fingerprint density at radius 3 is 2.40 bits per heavy atom. The van der Waals surface area contributed by atoms with E-state index in [2.05, 4.69) is 16.0 Å². The Bertz CT molecular complexity index is 1940. The third-order valence-corrected chi connectivity index (χ3v) is 10.6. The van der Waals surface area contributed by atoms with E-state index >= 15 is 0 Å². The number of ether oxygens (including phenoxy) is 1. The molecule has 1 unspecified atom stereocenters. The second-order valence-electron chi connectivity index (χ2n) is 11.7. The lowest BCUT2D eigenvalue weighted by Crippen LogP contribution is -2.34. The maximum Gasteiger partial charge on any atom is 0.341 e. The number of carbonyl (C=O) groups is 5. The van der Waals surface area contributed by atoms with E-state index in [-0.39, 0.29) is 17.5 Å². The van der Waals surface area contributed by atoms with E-state index in [1.807, 2.05) is 50.2 Å². The topological polar surface area (TPSA) is 134 Å². The van der Waals surface area contributed by atoms with Crippen LogP contribution in [0.5, 0.6) is 0 Å². The van der Waals surface area contributed by atoms with Crippen LogP contribution < -0.4 is 16.0 Å². The van der Waals surface area contributed by atoms with E-state index in [1.54, 1.807) is 53.4 Å². The second-order valence-corrected chi connectivity index (χ2v) is 14.0. The molecule has 10 nitrogen and oxygen atoms in total. The van der Waals surface area contributed by atoms with Gasteiger partial charge < -0.3 is 25.6 Å². The van der Waals surface area contributed by atoms with Gasteiger partial charge in [0.25, 0.3) is 11.8 Å². The smallest absolute Gasteiger partial charge is 0.341 e. The van der Waals surface area contributed by atoms with Crippen LogP contribution in [0.1, 0.15) is 62.6 Å². The normalized spacial score (nSPS) is 13.1. The van der Waals surface area contributed by atoms with Gasteiger partial charge in [-0.1, -0.05) is 61.0 Å². The van der Waals surface area contributed by atoms with Gasteiger partial charge in [0.15, 0.2) is 0 Å². The summed E-state index contributed by atoms with van der Waals surface area (Å²) in [6, 6.07) is 23.3. The van der Waals surface area contributed by atoms with Crippen LogP contribution in [0.4, 0.5) is 10.7 Å². The van der Waals surface area contributed by atoms with Gasteiger partial charge in [0.1, 0.15) is 10.7 Å². The highest BCUT2D eigenvalue weighted by molar-refractivity contribution is 8.00. The van der Waals surface area contributed by atoms with E-state index in [1.165, 1.54) is 37.1 Å². The molecule has 2 heterocycles. The SMILES string of the molecule is CCC(Sc1cccc(NC(=O)/C(=C/c2ccc(C)cc2)NC(=O)c2ccccc2)c1)C(=O)Nc1sc2c(c1C(=O)OC)CCN(C(C)=O)C2. The molecule has 0 saturated carbocycles. The number of anilines is 2. The standard InChI is InChI=1S/C38H38N4O6S2/c1-5-31(36(46)41-37-33(38(47)48-4)29-18-19-42(24(3)43)22-32(29)50-37)49-28-13-9-12-27(21-28)39-35(45)30(20-25-16-14-23(2)15-17-25)40-34(44)26-10-7-6-8-11-26/h6-17,20-21,31H,5,18-19,22H2,1-4H3,(H,39,45)(H,40,44)(H,41,46)/b30-20-. The van der Waals surface area contributed by atoms with Crippen molar-refractivity contribution in [1.82, 2.24) is 10.2 Å². The Morgan fingerprint density at radius 2 is 1.72 bits per heavy atom. The first kappa shape index (κ1) is 36.1. The molecule has 50 heavy (non-hydrogen) atoms. The number of thioether (sulfide) groups is 1. The second kappa shape index (κ2) is 16.5. The van der Waals surface area contributed by atoms with Crippen molar-refractivity contribution in [1.29, 1.82) is 0 Å². The highest BCUT2D eigenvalue weighted by Crippen LogP contribution is 2.38. The van der Waals surface area contributed by atoms with Crippen LogP contribution in [0.25, 0.3) is 6.08 Å². The molecule has 1 aliphatic heterocycles. The van der Waals surface area contributed by atoms with E-state index in [9.17, 15) is 24.0 Å². The summed E-state index contributed by atoms with van der Waals surface area (Å²) in [5.74, 6) is -1.80. The fraction of sp³-hybridized carbons (Fsp3) is 0.237. The summed E-state index contributed by atoms with van der Waals surface area (Å²) in [4.78, 5) is 68.3. The van der Waals surface area contributed by atoms with Crippen molar-refractivity contribution < 1.29 is 28.7 Å². The molecule has 1 aromatic heterocycles. The van der Waals surface area contributed by atoms with Crippen molar-refractivity contribution >= 4 is 69.5 Å². The number of hydrogen-bond donors (Lipinski definition) is 3. The Kier molecular flexibility index (Phi) is 11.9. The maximum atomic E-state index is 13.6. The number of esters is 1. The molecule has 0 aliphatic carbocycles. The van der Waals surface area contributed by atoms with Crippen molar-refractivity contribution in [2.45, 2.75) is 50.3 Å². The number of rotatable bonds is 11. The lowest BCUT2D eigenvalue weighted by Gasteiger charge is -2.25. The number of methoxy groups -OCH3 is 1. The van der Waals surface area contributed by atoms with Crippen LogP contribution in [0.3, 0.4) is 0 Å². The lowest BCUT2D eigenvalue weighted by molar-refractivity contribution is -0.129. The van der Waals surface area contributed by atoms with Crippen molar-refractivity contribution in [3.63, 3.8) is 0 Å². The van der Waals surface area contributed by atoms with E-state index in [4.69, 9.17) is 4.74 Å². The lowest BCUT2D eigenvalue weighted by atomic mass is 10.0. The van der Waals surface area contributed by atoms with Crippen LogP contribution in [0.15, 0.2) is 89.5 Å². The minimum atomic E-state index is -0.533. The zero-order valence-corrected chi connectivity index (χ0v) is 29.8. The predicted octanol–water partition coefficient (Wildman–Crippen LogP) is 6.67. The Hall–Kier alpha value is -5.20. The highest BCUT2D eigenvalue weighted by Gasteiger charge is 2.31. The molecule has 4 aromatic rings. The van der Waals surface area contributed by atoms with Crippen LogP contribution in [0, 0.1) is 6.92 Å². The summed E-state index contributed by atoms with van der Waals surface area (Å²) in [5, 5.41) is 8.47. The molecule has 4 amide bonds. The average molecular weight is 711 g/mol. The molecule has 0 radical (unpaired) electrons. The maximum absolute atomic E-state index is 13.6. The molecule has 3 N–H and O–H groups in total. The Balaban J connectivity index is 1.32. The number of aryl methyl sites for hydroxylation is 1. The molecule has 0 saturated heterocycles. The third-order valence-electron chi connectivity index (χ3n) is 8.08. The number of benzene rings is 3. The van der Waals surface area contributed by atoms with Gasteiger partial charge in [-0.15, -0.1) is 23.1 Å². The number of carbonyl (C=O) groups excluding carboxylic acids is 5. The molecule has 1 atom stereocenters. The van der Waals surface area contributed by atoms with Crippen LogP contribution in [-0.2, 0) is 32.1 Å². The number of fused-ring (bicyclic) bond motifs is 1. The summed E-state index contributed by atoms with van der Waals surface area (Å²) in [5.41, 5.74) is 3.91. The Labute approximate surface area is 299 Å². The van der Waals surface area contributed by atoms with Crippen molar-refractivity contribution in [3.05, 3.63) is 117 Å². The number of nitrogens with one attached hydrogen (secondary N) is 3. The first-order chi connectivity index (χ1) is 24.1. The van der Waals surface area contributed by atoms with Crippen molar-refractivity contribution in [2.75, 3.05) is 24.3 Å². The molecule has 1 aliphatic rings. The summed E-state index contributed by atoms with van der Waals surface area (Å²) in [7, 11) is 1.30. The molecule has 258 valence electrons. The molecular formula is C38H38N4O6S2. The molecular weight excluding hydrogens is 673 g/mol. The van der Waals surface area contributed by atoms with Crippen LogP contribution in [0.2, 0.25) is 0 Å². The van der Waals surface area contributed by atoms with Gasteiger partial charge >= 0.3 is 5.97 Å². The van der Waals surface area contributed by atoms with Gasteiger partial charge in [0.05, 0.1) is 24.5 Å². The average Bonchev–Trinajstić information content (AvgIpc) is 3.48. The predicted molar refractivity (Wildman–Crippen MR) is 197 cm³/mol. The van der Waals surface area contributed by atoms with E-state index < -0.39 is 23.0 Å². The number of nitrogens with zero attached hydrogens (tertiary/aromatic N) is 1. The third kappa shape index (κ3) is 8.87. The zero-order valence-electron chi connectivity index (χ0n) is 28.2. The molecule has 0 fully saturated rings. The molecule has 3 aromatic carbocycles. The Morgan fingerprint density at radius 1 is 0.980 bits per heavy atom. The van der Waals surface area contributed by atoms with E-state index in [0.29, 0.717) is 47.7 Å². The van der Waals surface area contributed by atoms with E-state index in [0.717, 1.165) is 26.5 Å². The number of hydrogen-bond acceptors (Lipinski definition) is 8. The molecule has 12 heteroatoms. The summed E-state index contributed by atoms with van der Waals surface area (Å²) in [6.07, 6.45) is 2.60. The molecule has 0 bridgehead atoms. The number of thiophene rings is 1. The van der Waals surface area contributed by atoms with Gasteiger partial charge in [-0.3, -0.25) is 19.2 Å². The zero-order chi connectivity index (χ0) is 35.8. The number of amides is 4. The van der Waals surface area contributed by atoms with Gasteiger partial charge in [-0.25, -0.2) is 4.79 Å². The minimum Gasteiger partial charge on any atom is -0.465 e. The summed E-state index contributed by atoms with van der Waals surface area (Å²) in [6.45, 7) is 6.23. The van der Waals surface area contributed by atoms with Crippen LogP contribution >= 0.6 is 23.1 Å². The van der Waals surface area contributed by atoms with Gasteiger partial charge in [0, 0.05) is 34.5 Å². The monoisotopic (exact) mass is 710 g/mol. The van der Waals surface area contributed by atoms with Crippen LogP contribution in [-0.4, -0.2) is 53.4 Å². The van der Waals surface area contributed by atoms with Gasteiger partial charge in [-0.05, 0) is 67.3 Å². The first-order valence-electron chi connectivity index (χ1n) is 16.1. The molecule has 5 rings (SSSR count). The molecule has 0 spiro atoms. The quantitative estimate of drug-likeness (QED) is 0.0900. The van der Waals surface area contributed by atoms with Crippen molar-refractivity contribution in [2.24, 2.45) is 0 Å². The fourth-order valence-electron chi connectivity index (χ4n) is 5.37. The first-order valence-corrected chi connectivity index (χ1v) is 17.8. The summed E-state index contributed by atoms with van der Waals surface area (Å²) >= 11 is 2.61. The largest absolute Gasteiger partial charge is 0.465 e. The highest BCUT2D eigenvalue weighted by atomic mass is 32.2. The fourth-order valence-corrected chi connectivity index (χ4v) is 7.64. The minimum absolute atomic E-state index is 0.0504. The summed E-state index contributed by atoms with van der Waals surface area (Å²) < 4.78 is 5.05. The van der Waals surface area contributed by atoms with Gasteiger partial charge in [0.2, 0.25) is 11.8 Å². The van der Waals surface area contributed by atoms with Gasteiger partial charge in [-0.2, -0.15) is 0 Å². The van der Waals surface area contributed by atoms with Crippen molar-refractivity contribution in [3.8, 4) is 0 Å².